The van der Waals surface area contributed by atoms with Gasteiger partial charge in [0.2, 0.25) is 5.95 Å². The molecule has 0 spiro atoms. The molecule has 2 aliphatic rings. The van der Waals surface area contributed by atoms with E-state index in [4.69, 9.17) is 4.74 Å². The Labute approximate surface area is 115 Å². The van der Waals surface area contributed by atoms with Crippen LogP contribution in [0.2, 0.25) is 0 Å². The molecule has 1 aromatic heterocycles. The Kier molecular flexibility index (Phi) is 3.44. The van der Waals surface area contributed by atoms with E-state index in [1.54, 1.807) is 0 Å². The van der Waals surface area contributed by atoms with Crippen LogP contribution in [0.5, 0.6) is 0 Å². The largest absolute Gasteiger partial charge is 0.381 e. The van der Waals surface area contributed by atoms with E-state index in [0.29, 0.717) is 11.8 Å². The molecule has 3 rings (SSSR count). The number of ether oxygens (including phenoxy) is 1. The van der Waals surface area contributed by atoms with E-state index in [0.717, 1.165) is 49.7 Å². The number of piperidine rings is 1. The molecule has 4 nitrogen and oxygen atoms in total. The highest BCUT2D eigenvalue weighted by Crippen LogP contribution is 2.38. The van der Waals surface area contributed by atoms with Gasteiger partial charge in [0, 0.05) is 37.3 Å². The first-order chi connectivity index (χ1) is 9.15. The zero-order valence-corrected chi connectivity index (χ0v) is 12.0. The van der Waals surface area contributed by atoms with Gasteiger partial charge in [0.15, 0.2) is 0 Å². The number of hydrogen-bond donors (Lipinski definition) is 0. The minimum absolute atomic E-state index is 0.623. The standard InChI is InChI=1S/C15H23N3O/c1-10(2)14-12-6-18(7-13(14)9-19-8-12)15-16-4-11(3)5-17-15/h4-5,10,12-14H,6-9H2,1-3H3. The first-order valence-corrected chi connectivity index (χ1v) is 7.26. The van der Waals surface area contributed by atoms with E-state index < -0.39 is 0 Å². The summed E-state index contributed by atoms with van der Waals surface area (Å²) < 4.78 is 5.75. The summed E-state index contributed by atoms with van der Waals surface area (Å²) in [5, 5.41) is 0. The number of rotatable bonds is 2. The maximum Gasteiger partial charge on any atom is 0.225 e. The normalized spacial score (nSPS) is 30.7. The number of anilines is 1. The van der Waals surface area contributed by atoms with Crippen molar-refractivity contribution >= 4 is 5.95 Å². The Morgan fingerprint density at radius 2 is 1.74 bits per heavy atom. The molecule has 19 heavy (non-hydrogen) atoms. The van der Waals surface area contributed by atoms with Gasteiger partial charge < -0.3 is 9.64 Å². The van der Waals surface area contributed by atoms with Gasteiger partial charge in [-0.2, -0.15) is 0 Å². The van der Waals surface area contributed by atoms with Gasteiger partial charge in [-0.1, -0.05) is 13.8 Å². The van der Waals surface area contributed by atoms with Crippen molar-refractivity contribution in [2.45, 2.75) is 20.8 Å². The summed E-state index contributed by atoms with van der Waals surface area (Å²) in [4.78, 5) is 11.3. The molecule has 2 fully saturated rings. The summed E-state index contributed by atoms with van der Waals surface area (Å²) in [6.45, 7) is 10.5. The van der Waals surface area contributed by atoms with Gasteiger partial charge in [-0.05, 0) is 24.3 Å². The van der Waals surface area contributed by atoms with Gasteiger partial charge in [-0.3, -0.25) is 0 Å². The first kappa shape index (κ1) is 12.9. The molecule has 0 aromatic carbocycles. The molecular formula is C15H23N3O. The second kappa shape index (κ2) is 5.08. The number of aromatic nitrogens is 2. The SMILES string of the molecule is Cc1cnc(N2CC3COCC(C2)C3C(C)C)nc1. The quantitative estimate of drug-likeness (QED) is 0.817. The molecular weight excluding hydrogens is 238 g/mol. The van der Waals surface area contributed by atoms with Crippen LogP contribution < -0.4 is 4.90 Å². The Morgan fingerprint density at radius 3 is 2.26 bits per heavy atom. The van der Waals surface area contributed by atoms with Crippen molar-refractivity contribution in [2.24, 2.45) is 23.7 Å². The Balaban J connectivity index is 1.79. The van der Waals surface area contributed by atoms with Crippen molar-refractivity contribution < 1.29 is 4.74 Å². The number of nitrogens with zero attached hydrogens (tertiary/aromatic N) is 3. The fourth-order valence-electron chi connectivity index (χ4n) is 3.77. The molecule has 2 atom stereocenters. The van der Waals surface area contributed by atoms with Crippen LogP contribution in [0.15, 0.2) is 12.4 Å². The van der Waals surface area contributed by atoms with E-state index >= 15 is 0 Å². The van der Waals surface area contributed by atoms with Crippen LogP contribution in [0.3, 0.4) is 0 Å². The van der Waals surface area contributed by atoms with Gasteiger partial charge in [0.1, 0.15) is 0 Å². The van der Waals surface area contributed by atoms with E-state index in [-0.39, 0.29) is 0 Å². The van der Waals surface area contributed by atoms with Crippen LogP contribution in [-0.4, -0.2) is 36.3 Å². The van der Waals surface area contributed by atoms with Gasteiger partial charge in [0.05, 0.1) is 13.2 Å². The Morgan fingerprint density at radius 1 is 1.16 bits per heavy atom. The fourth-order valence-corrected chi connectivity index (χ4v) is 3.77. The molecule has 2 saturated heterocycles. The third-order valence-corrected chi connectivity index (χ3v) is 4.48. The van der Waals surface area contributed by atoms with E-state index in [1.165, 1.54) is 0 Å². The predicted octanol–water partition coefficient (Wildman–Crippen LogP) is 2.14. The molecule has 2 bridgehead atoms. The molecule has 2 aliphatic heterocycles. The second-order valence-electron chi connectivity index (χ2n) is 6.34. The van der Waals surface area contributed by atoms with Gasteiger partial charge in [-0.25, -0.2) is 9.97 Å². The summed E-state index contributed by atoms with van der Waals surface area (Å²) in [5.74, 6) is 3.65. The lowest BCUT2D eigenvalue weighted by Crippen LogP contribution is -2.54. The molecule has 2 unspecified atom stereocenters. The van der Waals surface area contributed by atoms with Gasteiger partial charge in [-0.15, -0.1) is 0 Å². The summed E-state index contributed by atoms with van der Waals surface area (Å²) >= 11 is 0. The molecule has 1 aromatic rings. The van der Waals surface area contributed by atoms with Crippen LogP contribution in [0.1, 0.15) is 19.4 Å². The lowest BCUT2D eigenvalue weighted by atomic mass is 9.71. The summed E-state index contributed by atoms with van der Waals surface area (Å²) in [7, 11) is 0. The molecule has 0 aliphatic carbocycles. The van der Waals surface area contributed by atoms with Crippen LogP contribution in [0.4, 0.5) is 5.95 Å². The van der Waals surface area contributed by atoms with Crippen molar-refractivity contribution in [1.82, 2.24) is 9.97 Å². The third kappa shape index (κ3) is 2.46. The zero-order chi connectivity index (χ0) is 13.4. The Bertz CT molecular complexity index is 418. The highest BCUT2D eigenvalue weighted by molar-refractivity contribution is 5.31. The number of aryl methyl sites for hydroxylation is 1. The number of fused-ring (bicyclic) bond motifs is 2. The summed E-state index contributed by atoms with van der Waals surface area (Å²) in [6.07, 6.45) is 3.81. The molecule has 0 amide bonds. The van der Waals surface area contributed by atoms with Crippen LogP contribution in [0.25, 0.3) is 0 Å². The lowest BCUT2D eigenvalue weighted by Gasteiger charge is -2.48. The third-order valence-electron chi connectivity index (χ3n) is 4.48. The van der Waals surface area contributed by atoms with Crippen LogP contribution >= 0.6 is 0 Å². The molecule has 4 heteroatoms. The zero-order valence-electron chi connectivity index (χ0n) is 12.0. The molecule has 3 heterocycles. The van der Waals surface area contributed by atoms with Crippen molar-refractivity contribution in [3.8, 4) is 0 Å². The second-order valence-corrected chi connectivity index (χ2v) is 6.34. The maximum atomic E-state index is 5.75. The van der Waals surface area contributed by atoms with Gasteiger partial charge in [0.25, 0.3) is 0 Å². The Hall–Kier alpha value is -1.16. The molecule has 0 N–H and O–H groups in total. The first-order valence-electron chi connectivity index (χ1n) is 7.26. The minimum Gasteiger partial charge on any atom is -0.381 e. The number of hydrogen-bond acceptors (Lipinski definition) is 4. The molecule has 104 valence electrons. The average molecular weight is 261 g/mol. The van der Waals surface area contributed by atoms with E-state index in [2.05, 4.69) is 28.7 Å². The van der Waals surface area contributed by atoms with Crippen molar-refractivity contribution in [3.05, 3.63) is 18.0 Å². The van der Waals surface area contributed by atoms with Crippen molar-refractivity contribution in [3.63, 3.8) is 0 Å². The topological polar surface area (TPSA) is 38.2 Å². The van der Waals surface area contributed by atoms with Crippen molar-refractivity contribution in [2.75, 3.05) is 31.2 Å². The monoisotopic (exact) mass is 261 g/mol. The minimum atomic E-state index is 0.623. The maximum absolute atomic E-state index is 5.75. The highest BCUT2D eigenvalue weighted by Gasteiger charge is 2.42. The lowest BCUT2D eigenvalue weighted by molar-refractivity contribution is -0.0548. The fraction of sp³-hybridized carbons (Fsp3) is 0.733. The van der Waals surface area contributed by atoms with E-state index in [9.17, 15) is 0 Å². The molecule has 0 radical (unpaired) electrons. The van der Waals surface area contributed by atoms with Crippen LogP contribution in [0, 0.1) is 30.6 Å². The van der Waals surface area contributed by atoms with Crippen LogP contribution in [-0.2, 0) is 4.74 Å². The average Bonchev–Trinajstić information content (AvgIpc) is 2.37. The summed E-state index contributed by atoms with van der Waals surface area (Å²) in [5.41, 5.74) is 1.12. The molecule has 0 saturated carbocycles. The van der Waals surface area contributed by atoms with Gasteiger partial charge >= 0.3 is 0 Å². The van der Waals surface area contributed by atoms with Crippen molar-refractivity contribution in [1.29, 1.82) is 0 Å². The summed E-state index contributed by atoms with van der Waals surface area (Å²) in [6, 6.07) is 0. The smallest absolute Gasteiger partial charge is 0.225 e. The highest BCUT2D eigenvalue weighted by atomic mass is 16.5. The van der Waals surface area contributed by atoms with E-state index in [1.807, 2.05) is 19.3 Å². The predicted molar refractivity (Wildman–Crippen MR) is 75.1 cm³/mol.